The number of nitrogens with one attached hydrogen (secondary N) is 1. The van der Waals surface area contributed by atoms with Crippen LogP contribution in [0.1, 0.15) is 35.7 Å². The van der Waals surface area contributed by atoms with Crippen LogP contribution in [-0.2, 0) is 11.3 Å². The molecular formula is C22H23N3O4. The van der Waals surface area contributed by atoms with Gasteiger partial charge in [-0.25, -0.2) is 4.79 Å². The zero-order valence-corrected chi connectivity index (χ0v) is 16.3. The minimum absolute atomic E-state index is 0.00192. The first-order valence-corrected chi connectivity index (χ1v) is 9.79. The normalized spacial score (nSPS) is 16.0. The Bertz CT molecular complexity index is 920. The Morgan fingerprint density at radius 1 is 1.10 bits per heavy atom. The Morgan fingerprint density at radius 3 is 2.34 bits per heavy atom. The van der Waals surface area contributed by atoms with Crippen molar-refractivity contribution in [3.8, 4) is 5.75 Å². The van der Waals surface area contributed by atoms with E-state index in [4.69, 9.17) is 4.74 Å². The first kappa shape index (κ1) is 19.0. The molecule has 1 saturated heterocycles. The molecule has 29 heavy (non-hydrogen) atoms. The second-order valence-electron chi connectivity index (χ2n) is 7.23. The quantitative estimate of drug-likeness (QED) is 0.734. The van der Waals surface area contributed by atoms with E-state index in [2.05, 4.69) is 5.32 Å². The van der Waals surface area contributed by atoms with Crippen LogP contribution in [0.15, 0.2) is 48.5 Å². The van der Waals surface area contributed by atoms with Gasteiger partial charge in [0, 0.05) is 23.8 Å². The summed E-state index contributed by atoms with van der Waals surface area (Å²) in [6.07, 6.45) is 2.02. The van der Waals surface area contributed by atoms with E-state index in [0.717, 1.165) is 24.2 Å². The van der Waals surface area contributed by atoms with Gasteiger partial charge in [-0.05, 0) is 61.7 Å². The van der Waals surface area contributed by atoms with Crippen LogP contribution in [0.2, 0.25) is 0 Å². The molecule has 1 saturated carbocycles. The maximum atomic E-state index is 13.1. The molecule has 2 fully saturated rings. The van der Waals surface area contributed by atoms with E-state index in [1.807, 2.05) is 36.1 Å². The standard InChI is InChI=1S/C22H23N3O4/c1-2-29-19-11-3-15(4-12-19)13-24(17-9-10-17)21(27)16-5-7-18(8-6-16)25-14-20(26)23-22(25)28/h3-8,11-12,17H,2,9-10,13-14H2,1H3,(H,23,26,28). The molecule has 0 aromatic heterocycles. The third-order valence-electron chi connectivity index (χ3n) is 5.05. The summed E-state index contributed by atoms with van der Waals surface area (Å²) in [5.74, 6) is 0.459. The van der Waals surface area contributed by atoms with Gasteiger partial charge >= 0.3 is 6.03 Å². The molecule has 150 valence electrons. The molecule has 7 heteroatoms. The minimum Gasteiger partial charge on any atom is -0.494 e. The summed E-state index contributed by atoms with van der Waals surface area (Å²) in [6, 6.07) is 14.5. The molecule has 1 heterocycles. The molecular weight excluding hydrogens is 370 g/mol. The molecule has 4 amide bonds. The summed E-state index contributed by atoms with van der Waals surface area (Å²) in [7, 11) is 0. The van der Waals surface area contributed by atoms with Gasteiger partial charge in [-0.3, -0.25) is 19.8 Å². The van der Waals surface area contributed by atoms with Gasteiger partial charge in [-0.2, -0.15) is 0 Å². The van der Waals surface area contributed by atoms with E-state index >= 15 is 0 Å². The van der Waals surface area contributed by atoms with Crippen LogP contribution in [0.5, 0.6) is 5.75 Å². The van der Waals surface area contributed by atoms with Crippen molar-refractivity contribution in [3.63, 3.8) is 0 Å². The third-order valence-corrected chi connectivity index (χ3v) is 5.05. The highest BCUT2D eigenvalue weighted by Crippen LogP contribution is 2.30. The van der Waals surface area contributed by atoms with Crippen molar-refractivity contribution in [2.75, 3.05) is 18.1 Å². The summed E-state index contributed by atoms with van der Waals surface area (Å²) >= 11 is 0. The number of imide groups is 1. The maximum absolute atomic E-state index is 13.1. The van der Waals surface area contributed by atoms with Crippen molar-refractivity contribution in [2.45, 2.75) is 32.4 Å². The van der Waals surface area contributed by atoms with Gasteiger partial charge in [0.05, 0.1) is 6.61 Å². The molecule has 2 aromatic rings. The van der Waals surface area contributed by atoms with Crippen LogP contribution in [-0.4, -0.2) is 41.9 Å². The van der Waals surface area contributed by atoms with Crippen molar-refractivity contribution in [1.82, 2.24) is 10.2 Å². The number of carbonyl (C=O) groups excluding carboxylic acids is 3. The van der Waals surface area contributed by atoms with E-state index in [1.165, 1.54) is 4.90 Å². The van der Waals surface area contributed by atoms with E-state index in [-0.39, 0.29) is 24.4 Å². The minimum atomic E-state index is -0.441. The average molecular weight is 393 g/mol. The lowest BCUT2D eigenvalue weighted by Crippen LogP contribution is -2.32. The number of benzene rings is 2. The fourth-order valence-corrected chi connectivity index (χ4v) is 3.41. The monoisotopic (exact) mass is 393 g/mol. The Hall–Kier alpha value is -3.35. The van der Waals surface area contributed by atoms with Crippen molar-refractivity contribution in [3.05, 3.63) is 59.7 Å². The van der Waals surface area contributed by atoms with Crippen molar-refractivity contribution >= 4 is 23.5 Å². The lowest BCUT2D eigenvalue weighted by Gasteiger charge is -2.23. The highest BCUT2D eigenvalue weighted by Gasteiger charge is 2.33. The van der Waals surface area contributed by atoms with Crippen LogP contribution in [0.3, 0.4) is 0 Å². The van der Waals surface area contributed by atoms with Crippen LogP contribution in [0, 0.1) is 0 Å². The van der Waals surface area contributed by atoms with Gasteiger partial charge in [0.2, 0.25) is 5.91 Å². The van der Waals surface area contributed by atoms with Crippen molar-refractivity contribution in [2.24, 2.45) is 0 Å². The SMILES string of the molecule is CCOc1ccc(CN(C(=O)c2ccc(N3CC(=O)NC3=O)cc2)C2CC2)cc1. The van der Waals surface area contributed by atoms with E-state index in [9.17, 15) is 14.4 Å². The Labute approximate surface area is 169 Å². The zero-order valence-electron chi connectivity index (χ0n) is 16.3. The molecule has 0 unspecified atom stereocenters. The predicted octanol–water partition coefficient (Wildman–Crippen LogP) is 2.95. The molecule has 1 aliphatic carbocycles. The summed E-state index contributed by atoms with van der Waals surface area (Å²) in [5.41, 5.74) is 2.21. The van der Waals surface area contributed by atoms with Crippen LogP contribution in [0.25, 0.3) is 0 Å². The van der Waals surface area contributed by atoms with Gasteiger partial charge in [-0.15, -0.1) is 0 Å². The van der Waals surface area contributed by atoms with Crippen molar-refractivity contribution in [1.29, 1.82) is 0 Å². The molecule has 7 nitrogen and oxygen atoms in total. The first-order chi connectivity index (χ1) is 14.0. The molecule has 2 aromatic carbocycles. The molecule has 4 rings (SSSR count). The summed E-state index contributed by atoms with van der Waals surface area (Å²) < 4.78 is 5.48. The van der Waals surface area contributed by atoms with Crippen LogP contribution >= 0.6 is 0 Å². The van der Waals surface area contributed by atoms with Gasteiger partial charge < -0.3 is 9.64 Å². The Morgan fingerprint density at radius 2 is 1.79 bits per heavy atom. The summed E-state index contributed by atoms with van der Waals surface area (Å²) in [4.78, 5) is 39.5. The number of carbonyl (C=O) groups is 3. The molecule has 0 radical (unpaired) electrons. The number of hydrogen-bond acceptors (Lipinski definition) is 4. The number of urea groups is 1. The van der Waals surface area contributed by atoms with Crippen LogP contribution < -0.4 is 15.0 Å². The second kappa shape index (κ2) is 7.95. The first-order valence-electron chi connectivity index (χ1n) is 9.79. The average Bonchev–Trinajstić information content (AvgIpc) is 3.51. The Balaban J connectivity index is 1.47. The van der Waals surface area contributed by atoms with Gasteiger partial charge in [-0.1, -0.05) is 12.1 Å². The number of ether oxygens (including phenoxy) is 1. The fraction of sp³-hybridized carbons (Fsp3) is 0.318. The second-order valence-corrected chi connectivity index (χ2v) is 7.23. The van der Waals surface area contributed by atoms with Crippen LogP contribution in [0.4, 0.5) is 10.5 Å². The number of hydrogen-bond donors (Lipinski definition) is 1. The molecule has 1 N–H and O–H groups in total. The largest absolute Gasteiger partial charge is 0.494 e. The number of amides is 4. The summed E-state index contributed by atoms with van der Waals surface area (Å²) in [6.45, 7) is 3.11. The van der Waals surface area contributed by atoms with E-state index < -0.39 is 6.03 Å². The summed E-state index contributed by atoms with van der Waals surface area (Å²) in [5, 5.41) is 2.25. The van der Waals surface area contributed by atoms with E-state index in [1.54, 1.807) is 24.3 Å². The number of anilines is 1. The lowest BCUT2D eigenvalue weighted by molar-refractivity contribution is -0.117. The number of nitrogens with zero attached hydrogens (tertiary/aromatic N) is 2. The predicted molar refractivity (Wildman–Crippen MR) is 108 cm³/mol. The lowest BCUT2D eigenvalue weighted by atomic mass is 10.1. The van der Waals surface area contributed by atoms with E-state index in [0.29, 0.717) is 24.4 Å². The fourth-order valence-electron chi connectivity index (χ4n) is 3.41. The highest BCUT2D eigenvalue weighted by molar-refractivity contribution is 6.12. The zero-order chi connectivity index (χ0) is 20.4. The molecule has 0 bridgehead atoms. The smallest absolute Gasteiger partial charge is 0.329 e. The van der Waals surface area contributed by atoms with Gasteiger partial charge in [0.1, 0.15) is 12.3 Å². The molecule has 1 aliphatic heterocycles. The highest BCUT2D eigenvalue weighted by atomic mass is 16.5. The van der Waals surface area contributed by atoms with Gasteiger partial charge in [0.25, 0.3) is 5.91 Å². The molecule has 0 atom stereocenters. The molecule has 0 spiro atoms. The Kier molecular flexibility index (Phi) is 5.20. The maximum Gasteiger partial charge on any atom is 0.329 e. The van der Waals surface area contributed by atoms with Gasteiger partial charge in [0.15, 0.2) is 0 Å². The van der Waals surface area contributed by atoms with Crippen molar-refractivity contribution < 1.29 is 19.1 Å². The topological polar surface area (TPSA) is 79.0 Å². The molecule has 2 aliphatic rings. The third kappa shape index (κ3) is 4.23. The number of rotatable bonds is 7.